The Kier molecular flexibility index (Phi) is 7.99. The zero-order valence-electron chi connectivity index (χ0n) is 12.6. The van der Waals surface area contributed by atoms with E-state index in [9.17, 15) is 0 Å². The topological polar surface area (TPSA) is 21.3 Å². The van der Waals surface area contributed by atoms with Crippen molar-refractivity contribution in [3.63, 3.8) is 0 Å². The summed E-state index contributed by atoms with van der Waals surface area (Å²) in [5.74, 6) is 2.10. The van der Waals surface area contributed by atoms with E-state index in [1.165, 1.54) is 12.0 Å². The predicted molar refractivity (Wildman–Crippen MR) is 86.2 cm³/mol. The maximum Gasteiger partial charge on any atom is 0.124 e. The van der Waals surface area contributed by atoms with Crippen LogP contribution < -0.4 is 10.1 Å². The minimum absolute atomic E-state index is 0.367. The van der Waals surface area contributed by atoms with Gasteiger partial charge in [-0.2, -0.15) is 11.8 Å². The van der Waals surface area contributed by atoms with Crippen molar-refractivity contribution < 1.29 is 4.74 Å². The lowest BCUT2D eigenvalue weighted by Gasteiger charge is -2.22. The molecule has 19 heavy (non-hydrogen) atoms. The third kappa shape index (κ3) is 5.45. The first-order chi connectivity index (χ1) is 9.22. The third-order valence-corrected chi connectivity index (χ3v) is 4.60. The van der Waals surface area contributed by atoms with Gasteiger partial charge < -0.3 is 10.1 Å². The van der Waals surface area contributed by atoms with Crippen molar-refractivity contribution in [1.29, 1.82) is 0 Å². The number of hydrogen-bond acceptors (Lipinski definition) is 3. The van der Waals surface area contributed by atoms with Crippen LogP contribution in [0.2, 0.25) is 0 Å². The predicted octanol–water partition coefficient (Wildman–Crippen LogP) is 4.27. The fourth-order valence-electron chi connectivity index (χ4n) is 1.94. The van der Waals surface area contributed by atoms with Crippen molar-refractivity contribution in [3.05, 3.63) is 29.8 Å². The largest absolute Gasteiger partial charge is 0.494 e. The van der Waals surface area contributed by atoms with Gasteiger partial charge in [0.05, 0.1) is 6.61 Å². The maximum absolute atomic E-state index is 5.75. The van der Waals surface area contributed by atoms with E-state index in [0.717, 1.165) is 18.0 Å². The highest BCUT2D eigenvalue weighted by atomic mass is 32.2. The summed E-state index contributed by atoms with van der Waals surface area (Å²) < 4.78 is 5.75. The molecule has 1 N–H and O–H groups in total. The molecule has 0 fully saturated rings. The number of thioether (sulfide) groups is 1. The lowest BCUT2D eigenvalue weighted by atomic mass is 10.1. The molecule has 3 heteroatoms. The van der Waals surface area contributed by atoms with Gasteiger partial charge in [0.2, 0.25) is 0 Å². The van der Waals surface area contributed by atoms with E-state index in [1.807, 2.05) is 24.8 Å². The Balaban J connectivity index is 2.79. The van der Waals surface area contributed by atoms with Crippen LogP contribution in [-0.2, 0) is 0 Å². The standard InChI is InChI=1S/C16H27NOS/c1-5-13(4)19-12-15(17-6-2)14-10-8-9-11-16(14)18-7-3/h8-11,13,15,17H,5-7,12H2,1-4H3. The van der Waals surface area contributed by atoms with Crippen molar-refractivity contribution in [1.82, 2.24) is 5.32 Å². The fourth-order valence-corrected chi connectivity index (χ4v) is 2.99. The van der Waals surface area contributed by atoms with Crippen molar-refractivity contribution in [2.75, 3.05) is 18.9 Å². The third-order valence-electron chi connectivity index (χ3n) is 3.17. The molecule has 1 rings (SSSR count). The zero-order chi connectivity index (χ0) is 14.1. The van der Waals surface area contributed by atoms with Crippen molar-refractivity contribution >= 4 is 11.8 Å². The highest BCUT2D eigenvalue weighted by molar-refractivity contribution is 7.99. The summed E-state index contributed by atoms with van der Waals surface area (Å²) in [7, 11) is 0. The van der Waals surface area contributed by atoms with Gasteiger partial charge in [-0.15, -0.1) is 0 Å². The van der Waals surface area contributed by atoms with Gasteiger partial charge in [0.15, 0.2) is 0 Å². The van der Waals surface area contributed by atoms with Crippen LogP contribution in [0.15, 0.2) is 24.3 Å². The Hall–Kier alpha value is -0.670. The Morgan fingerprint density at radius 2 is 1.95 bits per heavy atom. The molecule has 0 radical (unpaired) electrons. The molecule has 0 saturated carbocycles. The summed E-state index contributed by atoms with van der Waals surface area (Å²) in [4.78, 5) is 0. The minimum atomic E-state index is 0.367. The van der Waals surface area contributed by atoms with Crippen molar-refractivity contribution in [3.8, 4) is 5.75 Å². The van der Waals surface area contributed by atoms with Gasteiger partial charge in [-0.1, -0.05) is 39.0 Å². The van der Waals surface area contributed by atoms with Gasteiger partial charge in [-0.05, 0) is 26.0 Å². The smallest absolute Gasteiger partial charge is 0.124 e. The van der Waals surface area contributed by atoms with Gasteiger partial charge in [0, 0.05) is 22.6 Å². The molecule has 0 bridgehead atoms. The molecule has 0 heterocycles. The summed E-state index contributed by atoms with van der Waals surface area (Å²) in [6.45, 7) is 10.4. The minimum Gasteiger partial charge on any atom is -0.494 e. The Morgan fingerprint density at radius 1 is 1.21 bits per heavy atom. The quantitative estimate of drug-likeness (QED) is 0.730. The molecule has 0 aromatic heterocycles. The van der Waals surface area contributed by atoms with E-state index in [-0.39, 0.29) is 0 Å². The van der Waals surface area contributed by atoms with E-state index in [1.54, 1.807) is 0 Å². The highest BCUT2D eigenvalue weighted by Gasteiger charge is 2.16. The summed E-state index contributed by atoms with van der Waals surface area (Å²) in [6.07, 6.45) is 1.22. The average molecular weight is 281 g/mol. The van der Waals surface area contributed by atoms with Gasteiger partial charge in [-0.25, -0.2) is 0 Å². The SMILES string of the molecule is CCNC(CSC(C)CC)c1ccccc1OCC. The second kappa shape index (κ2) is 9.27. The zero-order valence-corrected chi connectivity index (χ0v) is 13.4. The van der Waals surface area contributed by atoms with Crippen LogP contribution in [0, 0.1) is 0 Å². The van der Waals surface area contributed by atoms with Crippen LogP contribution in [0.5, 0.6) is 5.75 Å². The van der Waals surface area contributed by atoms with Gasteiger partial charge in [-0.3, -0.25) is 0 Å². The van der Waals surface area contributed by atoms with Crippen LogP contribution in [-0.4, -0.2) is 24.2 Å². The molecule has 2 atom stereocenters. The molecule has 108 valence electrons. The number of ether oxygens (including phenoxy) is 1. The summed E-state index contributed by atoms with van der Waals surface area (Å²) in [5, 5.41) is 4.29. The van der Waals surface area contributed by atoms with Crippen LogP contribution in [0.25, 0.3) is 0 Å². The molecule has 0 saturated heterocycles. The van der Waals surface area contributed by atoms with E-state index >= 15 is 0 Å². The number of rotatable bonds is 9. The molecule has 0 amide bonds. The number of para-hydroxylation sites is 1. The van der Waals surface area contributed by atoms with Crippen molar-refractivity contribution in [2.45, 2.75) is 45.4 Å². The monoisotopic (exact) mass is 281 g/mol. The van der Waals surface area contributed by atoms with Crippen LogP contribution in [0.1, 0.15) is 45.7 Å². The molecule has 1 aromatic carbocycles. The molecule has 0 aliphatic heterocycles. The van der Waals surface area contributed by atoms with Crippen LogP contribution in [0.4, 0.5) is 0 Å². The molecule has 2 nitrogen and oxygen atoms in total. The van der Waals surface area contributed by atoms with Gasteiger partial charge >= 0.3 is 0 Å². The average Bonchev–Trinajstić information content (AvgIpc) is 2.44. The molecule has 0 aliphatic rings. The van der Waals surface area contributed by atoms with Gasteiger partial charge in [0.1, 0.15) is 5.75 Å². The molecular formula is C16H27NOS. The van der Waals surface area contributed by atoms with E-state index in [0.29, 0.717) is 17.9 Å². The molecule has 2 unspecified atom stereocenters. The summed E-state index contributed by atoms with van der Waals surface area (Å²) in [6, 6.07) is 8.74. The molecule has 0 aliphatic carbocycles. The molecule has 0 spiro atoms. The lowest BCUT2D eigenvalue weighted by molar-refractivity contribution is 0.333. The number of benzene rings is 1. The fraction of sp³-hybridized carbons (Fsp3) is 0.625. The second-order valence-corrected chi connectivity index (χ2v) is 6.10. The van der Waals surface area contributed by atoms with Crippen LogP contribution >= 0.6 is 11.8 Å². The van der Waals surface area contributed by atoms with Crippen molar-refractivity contribution in [2.24, 2.45) is 0 Å². The van der Waals surface area contributed by atoms with Gasteiger partial charge in [0.25, 0.3) is 0 Å². The maximum atomic E-state index is 5.75. The van der Waals surface area contributed by atoms with E-state index in [2.05, 4.69) is 44.3 Å². The first-order valence-corrected chi connectivity index (χ1v) is 8.34. The summed E-state index contributed by atoms with van der Waals surface area (Å²) >= 11 is 2.03. The lowest BCUT2D eigenvalue weighted by Crippen LogP contribution is -2.24. The van der Waals surface area contributed by atoms with E-state index in [4.69, 9.17) is 4.74 Å². The Labute approximate surface area is 122 Å². The Morgan fingerprint density at radius 3 is 2.58 bits per heavy atom. The highest BCUT2D eigenvalue weighted by Crippen LogP contribution is 2.29. The molecule has 1 aromatic rings. The first-order valence-electron chi connectivity index (χ1n) is 7.29. The normalized spacial score (nSPS) is 14.1. The first kappa shape index (κ1) is 16.4. The second-order valence-electron chi connectivity index (χ2n) is 4.63. The van der Waals surface area contributed by atoms with Crippen LogP contribution in [0.3, 0.4) is 0 Å². The molecular weight excluding hydrogens is 254 g/mol. The Bertz CT molecular complexity index is 356. The summed E-state index contributed by atoms with van der Waals surface area (Å²) in [5.41, 5.74) is 1.28. The van der Waals surface area contributed by atoms with E-state index < -0.39 is 0 Å². The number of nitrogens with one attached hydrogen (secondary N) is 1. The number of hydrogen-bond donors (Lipinski definition) is 1.